The van der Waals surface area contributed by atoms with Crippen LogP contribution in [0.4, 0.5) is 0 Å². The molecular weight excluding hydrogens is 346 g/mol. The minimum absolute atomic E-state index is 0.175. The number of benzene rings is 1. The topological polar surface area (TPSA) is 83.5 Å². The van der Waals surface area contributed by atoms with Gasteiger partial charge in [-0.15, -0.1) is 0 Å². The zero-order chi connectivity index (χ0) is 16.8. The van der Waals surface area contributed by atoms with E-state index in [0.29, 0.717) is 29.5 Å². The van der Waals surface area contributed by atoms with Gasteiger partial charge in [0.05, 0.1) is 10.3 Å². The van der Waals surface area contributed by atoms with Crippen molar-refractivity contribution in [3.63, 3.8) is 0 Å². The summed E-state index contributed by atoms with van der Waals surface area (Å²) in [5.41, 5.74) is -0.754. The Morgan fingerprint density at radius 2 is 1.86 bits per heavy atom. The van der Waals surface area contributed by atoms with E-state index in [1.54, 1.807) is 13.8 Å². The third-order valence-corrected chi connectivity index (χ3v) is 5.83. The normalized spacial score (nSPS) is 12.3. The van der Waals surface area contributed by atoms with E-state index >= 15 is 0 Å². The van der Waals surface area contributed by atoms with E-state index in [-0.39, 0.29) is 4.90 Å². The summed E-state index contributed by atoms with van der Waals surface area (Å²) in [6, 6.07) is 5.96. The monoisotopic (exact) mass is 365 g/mol. The molecule has 22 heavy (non-hydrogen) atoms. The smallest absolute Gasteiger partial charge is 0.309 e. The molecule has 0 saturated carbocycles. The molecule has 2 N–H and O–H groups in total. The number of thioether (sulfide) groups is 1. The van der Waals surface area contributed by atoms with Crippen LogP contribution < -0.4 is 4.72 Å². The van der Waals surface area contributed by atoms with Crippen molar-refractivity contribution in [1.82, 2.24) is 4.72 Å². The zero-order valence-corrected chi connectivity index (χ0v) is 14.9. The molecule has 0 spiro atoms. The summed E-state index contributed by atoms with van der Waals surface area (Å²) < 4.78 is 26.5. The van der Waals surface area contributed by atoms with Crippen LogP contribution in [0.5, 0.6) is 0 Å². The van der Waals surface area contributed by atoms with Gasteiger partial charge in [-0.3, -0.25) is 4.79 Å². The Hall–Kier alpha value is -0.760. The van der Waals surface area contributed by atoms with E-state index in [9.17, 15) is 13.2 Å². The number of aliphatic carboxylic acids is 1. The van der Waals surface area contributed by atoms with Crippen LogP contribution in [-0.4, -0.2) is 37.5 Å². The summed E-state index contributed by atoms with van der Waals surface area (Å²) >= 11 is 7.25. The van der Waals surface area contributed by atoms with Crippen molar-refractivity contribution in [2.75, 3.05) is 18.1 Å². The predicted molar refractivity (Wildman–Crippen MR) is 90.0 cm³/mol. The van der Waals surface area contributed by atoms with Crippen molar-refractivity contribution in [2.45, 2.75) is 25.2 Å². The summed E-state index contributed by atoms with van der Waals surface area (Å²) in [6.45, 7) is 3.65. The van der Waals surface area contributed by atoms with Crippen molar-refractivity contribution in [3.8, 4) is 0 Å². The Morgan fingerprint density at radius 1 is 1.27 bits per heavy atom. The maximum atomic E-state index is 12.0. The number of hydrogen-bond donors (Lipinski definition) is 2. The molecule has 8 heteroatoms. The molecule has 1 aromatic carbocycles. The van der Waals surface area contributed by atoms with Gasteiger partial charge in [-0.2, -0.15) is 11.8 Å². The van der Waals surface area contributed by atoms with Gasteiger partial charge in [0.2, 0.25) is 10.0 Å². The van der Waals surface area contributed by atoms with E-state index in [2.05, 4.69) is 4.72 Å². The Kier molecular flexibility index (Phi) is 7.18. The molecule has 0 fully saturated rings. The molecule has 0 atom stereocenters. The first-order chi connectivity index (χ1) is 10.1. The van der Waals surface area contributed by atoms with Gasteiger partial charge < -0.3 is 5.11 Å². The van der Waals surface area contributed by atoms with Crippen molar-refractivity contribution < 1.29 is 18.3 Å². The fourth-order valence-electron chi connectivity index (χ4n) is 1.48. The van der Waals surface area contributed by atoms with Crippen molar-refractivity contribution in [3.05, 3.63) is 29.3 Å². The molecule has 0 heterocycles. The lowest BCUT2D eigenvalue weighted by atomic mass is 9.91. The van der Waals surface area contributed by atoms with Gasteiger partial charge in [-0.25, -0.2) is 13.1 Å². The first kappa shape index (κ1) is 19.3. The lowest BCUT2D eigenvalue weighted by molar-refractivity contribution is -0.146. The highest BCUT2D eigenvalue weighted by Gasteiger charge is 2.26. The zero-order valence-electron chi connectivity index (χ0n) is 12.5. The van der Waals surface area contributed by atoms with E-state index in [4.69, 9.17) is 16.7 Å². The number of rotatable bonds is 9. The van der Waals surface area contributed by atoms with Crippen LogP contribution in [0.15, 0.2) is 29.2 Å². The first-order valence-electron chi connectivity index (χ1n) is 6.71. The van der Waals surface area contributed by atoms with Gasteiger partial charge >= 0.3 is 5.97 Å². The molecule has 0 saturated heterocycles. The molecule has 1 aromatic rings. The molecule has 0 aliphatic heterocycles. The highest BCUT2D eigenvalue weighted by Crippen LogP contribution is 2.22. The number of carboxylic acid groups (broad SMARTS) is 1. The summed E-state index contributed by atoms with van der Waals surface area (Å²) in [4.78, 5) is 11.1. The third kappa shape index (κ3) is 6.16. The molecule has 0 aliphatic rings. The summed E-state index contributed by atoms with van der Waals surface area (Å²) in [6.07, 6.45) is 0.539. The second-order valence-corrected chi connectivity index (χ2v) is 8.83. The van der Waals surface area contributed by atoms with E-state index in [1.165, 1.54) is 36.0 Å². The van der Waals surface area contributed by atoms with Crippen molar-refractivity contribution in [2.24, 2.45) is 5.41 Å². The maximum absolute atomic E-state index is 12.0. The second-order valence-electron chi connectivity index (χ2n) is 5.40. The van der Waals surface area contributed by atoms with Crippen LogP contribution in [0, 0.1) is 5.41 Å². The lowest BCUT2D eigenvalue weighted by Gasteiger charge is -2.18. The average Bonchev–Trinajstić information content (AvgIpc) is 2.43. The summed E-state index contributed by atoms with van der Waals surface area (Å²) in [5.74, 6) is 0.432. The van der Waals surface area contributed by atoms with E-state index < -0.39 is 21.4 Å². The van der Waals surface area contributed by atoms with Crippen LogP contribution >= 0.6 is 23.4 Å². The Balaban J connectivity index is 2.32. The lowest BCUT2D eigenvalue weighted by Crippen LogP contribution is -2.26. The molecule has 0 bridgehead atoms. The van der Waals surface area contributed by atoms with Crippen molar-refractivity contribution in [1.29, 1.82) is 0 Å². The molecule has 0 aliphatic carbocycles. The maximum Gasteiger partial charge on any atom is 0.309 e. The Labute approximate surface area is 140 Å². The third-order valence-electron chi connectivity index (χ3n) is 3.11. The van der Waals surface area contributed by atoms with Crippen LogP contribution in [0.2, 0.25) is 5.02 Å². The number of nitrogens with one attached hydrogen (secondary N) is 1. The molecule has 5 nitrogen and oxygen atoms in total. The molecule has 1 rings (SSSR count). The molecule has 0 amide bonds. The number of hydrogen-bond acceptors (Lipinski definition) is 4. The van der Waals surface area contributed by atoms with Gasteiger partial charge in [-0.1, -0.05) is 11.6 Å². The van der Waals surface area contributed by atoms with Gasteiger partial charge in [0, 0.05) is 17.3 Å². The van der Waals surface area contributed by atoms with Crippen molar-refractivity contribution >= 4 is 39.4 Å². The molecule has 124 valence electrons. The summed E-state index contributed by atoms with van der Waals surface area (Å²) in [7, 11) is -3.52. The van der Waals surface area contributed by atoms with Gasteiger partial charge in [0.25, 0.3) is 0 Å². The second kappa shape index (κ2) is 8.19. The van der Waals surface area contributed by atoms with E-state index in [0.717, 1.165) is 0 Å². The molecular formula is C14H20ClNO4S2. The Bertz CT molecular complexity index is 600. The fourth-order valence-corrected chi connectivity index (χ4v) is 3.87. The highest BCUT2D eigenvalue weighted by molar-refractivity contribution is 7.99. The van der Waals surface area contributed by atoms with Crippen LogP contribution in [-0.2, 0) is 14.8 Å². The minimum Gasteiger partial charge on any atom is -0.481 e. The van der Waals surface area contributed by atoms with Gasteiger partial charge in [0.15, 0.2) is 0 Å². The Morgan fingerprint density at radius 3 is 2.41 bits per heavy atom. The fraction of sp³-hybridized carbons (Fsp3) is 0.500. The first-order valence-corrected chi connectivity index (χ1v) is 9.73. The number of halogens is 1. The largest absolute Gasteiger partial charge is 0.481 e. The van der Waals surface area contributed by atoms with Crippen LogP contribution in [0.1, 0.15) is 20.3 Å². The van der Waals surface area contributed by atoms with E-state index in [1.807, 2.05) is 0 Å². The minimum atomic E-state index is -3.52. The molecule has 0 radical (unpaired) electrons. The van der Waals surface area contributed by atoms with Crippen LogP contribution in [0.3, 0.4) is 0 Å². The van der Waals surface area contributed by atoms with Crippen LogP contribution in [0.25, 0.3) is 0 Å². The van der Waals surface area contributed by atoms with Gasteiger partial charge in [0.1, 0.15) is 0 Å². The van der Waals surface area contributed by atoms with Gasteiger partial charge in [-0.05, 0) is 50.3 Å². The summed E-state index contributed by atoms with van der Waals surface area (Å²) in [5, 5.41) is 9.47. The number of carbonyl (C=O) groups is 1. The molecule has 0 aromatic heterocycles. The number of sulfonamides is 1. The average molecular weight is 366 g/mol. The molecule has 0 unspecified atom stereocenters. The quantitative estimate of drug-likeness (QED) is 0.657. The SMILES string of the molecule is CC(C)(CCSCCNS(=O)(=O)c1ccc(Cl)cc1)C(=O)O. The number of carboxylic acids is 1. The standard InChI is InChI=1S/C14H20ClNO4S2/c1-14(2,13(17)18)7-9-21-10-8-16-22(19,20)12-5-3-11(15)4-6-12/h3-6,16H,7-10H2,1-2H3,(H,17,18). The predicted octanol–water partition coefficient (Wildman–Crippen LogP) is 2.85. The highest BCUT2D eigenvalue weighted by atomic mass is 35.5.